The number of nitrogens with one attached hydrogen (secondary N) is 1. The summed E-state index contributed by atoms with van der Waals surface area (Å²) in [5.41, 5.74) is 1.23. The Labute approximate surface area is 160 Å². The SMILES string of the molecule is CC(CCc1ccccc1)NC(=O)COC(=O)C=Cc1ccc(I)o1. The quantitative estimate of drug-likeness (QED) is 0.377. The van der Waals surface area contributed by atoms with Crippen LogP contribution in [0.3, 0.4) is 0 Å². The fourth-order valence-electron chi connectivity index (χ4n) is 2.17. The number of aryl methyl sites for hydroxylation is 1. The number of carbonyl (C=O) groups excluding carboxylic acids is 2. The van der Waals surface area contributed by atoms with Gasteiger partial charge in [-0.2, -0.15) is 0 Å². The summed E-state index contributed by atoms with van der Waals surface area (Å²) in [7, 11) is 0. The normalized spacial score (nSPS) is 12.1. The predicted molar refractivity (Wildman–Crippen MR) is 104 cm³/mol. The lowest BCUT2D eigenvalue weighted by Crippen LogP contribution is -2.36. The number of rotatable bonds is 8. The van der Waals surface area contributed by atoms with Crippen LogP contribution >= 0.6 is 22.6 Å². The van der Waals surface area contributed by atoms with Gasteiger partial charge in [0, 0.05) is 12.1 Å². The number of ether oxygens (including phenoxy) is 1. The maximum atomic E-state index is 11.8. The monoisotopic (exact) mass is 453 g/mol. The Morgan fingerprint density at radius 2 is 2.00 bits per heavy atom. The lowest BCUT2D eigenvalue weighted by atomic mass is 10.1. The van der Waals surface area contributed by atoms with Gasteiger partial charge in [-0.15, -0.1) is 0 Å². The van der Waals surface area contributed by atoms with Crippen LogP contribution in [-0.2, 0) is 20.7 Å². The van der Waals surface area contributed by atoms with Crippen LogP contribution in [0, 0.1) is 3.77 Å². The summed E-state index contributed by atoms with van der Waals surface area (Å²) in [6.45, 7) is 1.63. The third-order valence-corrected chi connectivity index (χ3v) is 4.02. The molecule has 0 aliphatic heterocycles. The summed E-state index contributed by atoms with van der Waals surface area (Å²) < 4.78 is 10.9. The highest BCUT2D eigenvalue weighted by Gasteiger charge is 2.09. The Balaban J connectivity index is 1.65. The Kier molecular flexibility index (Phi) is 7.72. The largest absolute Gasteiger partial charge is 0.452 e. The minimum absolute atomic E-state index is 0.00662. The van der Waals surface area contributed by atoms with E-state index in [-0.39, 0.29) is 18.6 Å². The maximum absolute atomic E-state index is 11.8. The first-order valence-corrected chi connectivity index (χ1v) is 9.04. The number of amides is 1. The lowest BCUT2D eigenvalue weighted by Gasteiger charge is -2.13. The summed E-state index contributed by atoms with van der Waals surface area (Å²) in [5, 5.41) is 2.82. The van der Waals surface area contributed by atoms with Gasteiger partial charge in [0.25, 0.3) is 5.91 Å². The van der Waals surface area contributed by atoms with Crippen molar-refractivity contribution in [1.82, 2.24) is 5.32 Å². The summed E-state index contributed by atoms with van der Waals surface area (Å²) in [5.74, 6) is -0.339. The van der Waals surface area contributed by atoms with E-state index in [1.165, 1.54) is 17.7 Å². The number of benzene rings is 1. The molecule has 0 saturated carbocycles. The van der Waals surface area contributed by atoms with Crippen molar-refractivity contribution in [3.8, 4) is 0 Å². The lowest BCUT2D eigenvalue weighted by molar-refractivity contribution is -0.144. The smallest absolute Gasteiger partial charge is 0.331 e. The van der Waals surface area contributed by atoms with E-state index in [0.717, 1.165) is 16.6 Å². The molecule has 1 aromatic carbocycles. The van der Waals surface area contributed by atoms with Crippen molar-refractivity contribution in [3.63, 3.8) is 0 Å². The Morgan fingerprint density at radius 1 is 1.24 bits per heavy atom. The van der Waals surface area contributed by atoms with Crippen LogP contribution in [0.5, 0.6) is 0 Å². The van der Waals surface area contributed by atoms with Crippen molar-refractivity contribution in [2.75, 3.05) is 6.61 Å². The molecule has 0 radical (unpaired) electrons. The molecule has 1 amide bonds. The van der Waals surface area contributed by atoms with Crippen molar-refractivity contribution in [2.24, 2.45) is 0 Å². The molecule has 2 aromatic rings. The molecule has 1 unspecified atom stereocenters. The first-order valence-electron chi connectivity index (χ1n) is 7.96. The first-order chi connectivity index (χ1) is 12.0. The number of furan rings is 1. The number of hydrogen-bond donors (Lipinski definition) is 1. The molecule has 0 aliphatic rings. The molecule has 6 heteroatoms. The van der Waals surface area contributed by atoms with Gasteiger partial charge in [-0.05, 0) is 66.1 Å². The molecule has 25 heavy (non-hydrogen) atoms. The molecule has 5 nitrogen and oxygen atoms in total. The Hall–Kier alpha value is -2.09. The highest BCUT2D eigenvalue weighted by Crippen LogP contribution is 2.11. The van der Waals surface area contributed by atoms with Gasteiger partial charge >= 0.3 is 5.97 Å². The molecule has 1 N–H and O–H groups in total. The van der Waals surface area contributed by atoms with E-state index in [0.29, 0.717) is 5.76 Å². The van der Waals surface area contributed by atoms with E-state index < -0.39 is 5.97 Å². The highest BCUT2D eigenvalue weighted by atomic mass is 127. The second-order valence-corrected chi connectivity index (χ2v) is 6.64. The van der Waals surface area contributed by atoms with Crippen molar-refractivity contribution < 1.29 is 18.7 Å². The van der Waals surface area contributed by atoms with Gasteiger partial charge in [-0.3, -0.25) is 4.79 Å². The minimum Gasteiger partial charge on any atom is -0.452 e. The van der Waals surface area contributed by atoms with E-state index in [4.69, 9.17) is 9.15 Å². The van der Waals surface area contributed by atoms with Crippen LogP contribution in [0.2, 0.25) is 0 Å². The molecule has 2 rings (SSSR count). The van der Waals surface area contributed by atoms with Gasteiger partial charge in [0.15, 0.2) is 10.4 Å². The minimum atomic E-state index is -0.585. The van der Waals surface area contributed by atoms with Crippen LogP contribution in [0.25, 0.3) is 6.08 Å². The molecule has 0 saturated heterocycles. The first kappa shape index (κ1) is 19.2. The average Bonchev–Trinajstić information content (AvgIpc) is 3.02. The standard InChI is InChI=1S/C19H20INO4/c1-14(7-8-15-5-3-2-4-6-15)21-18(22)13-24-19(23)12-10-16-9-11-17(20)25-16/h2-6,9-12,14H,7-8,13H2,1H3,(H,21,22). The van der Waals surface area contributed by atoms with E-state index in [2.05, 4.69) is 17.4 Å². The zero-order valence-electron chi connectivity index (χ0n) is 13.9. The molecule has 1 aromatic heterocycles. The highest BCUT2D eigenvalue weighted by molar-refractivity contribution is 14.1. The molecule has 1 heterocycles. The number of esters is 1. The summed E-state index contributed by atoms with van der Waals surface area (Å²) in [6, 6.07) is 13.6. The summed E-state index contributed by atoms with van der Waals surface area (Å²) >= 11 is 2.03. The maximum Gasteiger partial charge on any atom is 0.331 e. The molecular formula is C19H20INO4. The van der Waals surface area contributed by atoms with Gasteiger partial charge in [0.2, 0.25) is 0 Å². The zero-order chi connectivity index (χ0) is 18.1. The van der Waals surface area contributed by atoms with Crippen LogP contribution in [0.4, 0.5) is 0 Å². The van der Waals surface area contributed by atoms with Crippen molar-refractivity contribution in [3.05, 3.63) is 63.6 Å². The molecule has 0 spiro atoms. The summed E-state index contributed by atoms with van der Waals surface area (Å²) in [4.78, 5) is 23.4. The Morgan fingerprint density at radius 3 is 2.68 bits per heavy atom. The zero-order valence-corrected chi connectivity index (χ0v) is 16.1. The molecule has 0 bridgehead atoms. The van der Waals surface area contributed by atoms with Gasteiger partial charge in [0.05, 0.1) is 0 Å². The van der Waals surface area contributed by atoms with E-state index in [1.54, 1.807) is 12.1 Å². The van der Waals surface area contributed by atoms with E-state index in [1.807, 2.05) is 47.7 Å². The molecule has 0 fully saturated rings. The third-order valence-electron chi connectivity index (χ3n) is 3.44. The Bertz CT molecular complexity index is 724. The topological polar surface area (TPSA) is 68.5 Å². The fourth-order valence-corrected chi connectivity index (χ4v) is 2.60. The predicted octanol–water partition coefficient (Wildman–Crippen LogP) is 3.58. The van der Waals surface area contributed by atoms with Gasteiger partial charge in [0.1, 0.15) is 5.76 Å². The average molecular weight is 453 g/mol. The third kappa shape index (κ3) is 7.55. The van der Waals surface area contributed by atoms with Crippen LogP contribution in [0.1, 0.15) is 24.7 Å². The second kappa shape index (κ2) is 10.0. The van der Waals surface area contributed by atoms with Gasteiger partial charge in [-0.25, -0.2) is 4.79 Å². The van der Waals surface area contributed by atoms with Crippen LogP contribution in [0.15, 0.2) is 53.0 Å². The molecule has 0 aliphatic carbocycles. The van der Waals surface area contributed by atoms with E-state index in [9.17, 15) is 9.59 Å². The number of halogens is 1. The number of hydrogen-bond acceptors (Lipinski definition) is 4. The molecular weight excluding hydrogens is 433 g/mol. The van der Waals surface area contributed by atoms with Crippen LogP contribution < -0.4 is 5.32 Å². The van der Waals surface area contributed by atoms with Crippen molar-refractivity contribution in [1.29, 1.82) is 0 Å². The van der Waals surface area contributed by atoms with Gasteiger partial charge in [-0.1, -0.05) is 30.3 Å². The molecule has 132 valence electrons. The second-order valence-electron chi connectivity index (χ2n) is 5.58. The number of carbonyl (C=O) groups is 2. The van der Waals surface area contributed by atoms with Gasteiger partial charge < -0.3 is 14.5 Å². The fraction of sp³-hybridized carbons (Fsp3) is 0.263. The van der Waals surface area contributed by atoms with Crippen molar-refractivity contribution in [2.45, 2.75) is 25.8 Å². The summed E-state index contributed by atoms with van der Waals surface area (Å²) in [6.07, 6.45) is 4.44. The molecule has 1 atom stereocenters. The van der Waals surface area contributed by atoms with Crippen molar-refractivity contribution >= 4 is 40.5 Å². The van der Waals surface area contributed by atoms with E-state index >= 15 is 0 Å². The van der Waals surface area contributed by atoms with Crippen LogP contribution in [-0.4, -0.2) is 24.5 Å².